The molecule has 0 aliphatic carbocycles. The summed E-state index contributed by atoms with van der Waals surface area (Å²) in [5.74, 6) is -3.67. The Balaban J connectivity index is 1.42. The van der Waals surface area contributed by atoms with Crippen molar-refractivity contribution >= 4 is 35.3 Å². The SMILES string of the molecule is CC(C)C[C@H](NC(=O)[C@H](CCc1ccccc1)N(COC(=O)C(C)(C)OCc1cn[nH][n+]1C)C(=O)CN1CCOCC1)C(=O)C[C@@H](Cc1ccccc1)C(=O)N[C@@H](CC(C)C)C(=O)[C@@]1(C)CO1. The van der Waals surface area contributed by atoms with E-state index in [0.717, 1.165) is 11.1 Å². The summed E-state index contributed by atoms with van der Waals surface area (Å²) in [7, 11) is 1.76. The monoisotopic (exact) mass is 931 g/mol. The third-order valence-electron chi connectivity index (χ3n) is 12.3. The van der Waals surface area contributed by atoms with Crippen LogP contribution < -0.4 is 15.3 Å². The van der Waals surface area contributed by atoms with Gasteiger partial charge in [0.1, 0.15) is 25.3 Å². The molecule has 2 fully saturated rings. The Morgan fingerprint density at radius 1 is 0.896 bits per heavy atom. The van der Waals surface area contributed by atoms with Crippen LogP contribution >= 0.6 is 0 Å². The summed E-state index contributed by atoms with van der Waals surface area (Å²) in [4.78, 5) is 88.9. The van der Waals surface area contributed by atoms with Gasteiger partial charge in [0.05, 0.1) is 38.4 Å². The molecule has 3 N–H and O–H groups in total. The number of rotatable bonds is 27. The molecule has 3 aromatic rings. The largest absolute Gasteiger partial charge is 0.442 e. The summed E-state index contributed by atoms with van der Waals surface area (Å²) in [5.41, 5.74) is 0.0229. The van der Waals surface area contributed by atoms with Crippen molar-refractivity contribution < 1.29 is 52.4 Å². The molecule has 5 rings (SSSR count). The van der Waals surface area contributed by atoms with Crippen LogP contribution in [0.4, 0.5) is 0 Å². The van der Waals surface area contributed by atoms with E-state index in [0.29, 0.717) is 44.8 Å². The Morgan fingerprint density at radius 2 is 1.49 bits per heavy atom. The first kappa shape index (κ1) is 52.6. The highest BCUT2D eigenvalue weighted by molar-refractivity contribution is 5.98. The minimum absolute atomic E-state index is 0.0427. The lowest BCUT2D eigenvalue weighted by atomic mass is 9.87. The number of esters is 1. The first-order chi connectivity index (χ1) is 31.8. The molecule has 0 unspecified atom stereocenters. The van der Waals surface area contributed by atoms with Gasteiger partial charge in [0.25, 0.3) is 0 Å². The zero-order chi connectivity index (χ0) is 48.7. The molecule has 67 heavy (non-hydrogen) atoms. The van der Waals surface area contributed by atoms with Gasteiger partial charge >= 0.3 is 5.97 Å². The van der Waals surface area contributed by atoms with Crippen LogP contribution in [0.3, 0.4) is 0 Å². The number of H-pyrrole nitrogens is 1. The van der Waals surface area contributed by atoms with Gasteiger partial charge in [0.2, 0.25) is 23.9 Å². The summed E-state index contributed by atoms with van der Waals surface area (Å²) in [6, 6.07) is 15.8. The van der Waals surface area contributed by atoms with Crippen molar-refractivity contribution in [1.29, 1.82) is 0 Å². The topological polar surface area (TPSA) is 206 Å². The molecule has 0 saturated carbocycles. The van der Waals surface area contributed by atoms with E-state index in [1.54, 1.807) is 38.7 Å². The summed E-state index contributed by atoms with van der Waals surface area (Å²) < 4.78 is 24.5. The second kappa shape index (κ2) is 24.6. The van der Waals surface area contributed by atoms with Crippen molar-refractivity contribution in [2.24, 2.45) is 24.8 Å². The molecule has 3 amide bonds. The number of aromatic amines is 1. The van der Waals surface area contributed by atoms with Crippen LogP contribution in [-0.4, -0.2) is 131 Å². The Labute approximate surface area is 395 Å². The number of ether oxygens (including phenoxy) is 4. The number of nitrogens with zero attached hydrogens (tertiary/aromatic N) is 4. The summed E-state index contributed by atoms with van der Waals surface area (Å²) in [5, 5.41) is 12.7. The zero-order valence-corrected chi connectivity index (χ0v) is 40.6. The minimum atomic E-state index is -1.45. The lowest BCUT2D eigenvalue weighted by Gasteiger charge is -2.35. The number of benzene rings is 2. The average molecular weight is 931 g/mol. The molecule has 2 aromatic carbocycles. The molecular formula is C50H72N7O10+. The van der Waals surface area contributed by atoms with Gasteiger partial charge in [0.15, 0.2) is 29.6 Å². The van der Waals surface area contributed by atoms with Gasteiger partial charge in [-0.05, 0) is 75.8 Å². The van der Waals surface area contributed by atoms with E-state index in [4.69, 9.17) is 18.9 Å². The van der Waals surface area contributed by atoms with Crippen LogP contribution in [-0.2, 0) is 74.2 Å². The molecule has 17 heteroatoms. The number of ketones is 2. The van der Waals surface area contributed by atoms with Gasteiger partial charge in [-0.2, -0.15) is 4.68 Å². The molecule has 1 aromatic heterocycles. The molecule has 366 valence electrons. The van der Waals surface area contributed by atoms with Gasteiger partial charge < -0.3 is 29.6 Å². The standard InChI is InChI=1S/C50H71N7O10/c1-34(2)25-40(43(58)28-38(27-37-17-13-10-14-18-37)46(61)53-41(26-35(3)4)45(60)50(7)32-67-50)52-47(62)42(20-19-36-15-11-9-12-16-36)57(44(59)30-56-21-23-64-24-22-56)33-65-48(63)49(5,6)66-31-39-29-51-54-55(39)8/h9-18,29,34-35,38,40-42H,19-28,30-33H2,1-8H3,(H2,52,53,61,62)/p+1/t38-,40+,41+,42+,50-/m1/s1. The summed E-state index contributed by atoms with van der Waals surface area (Å²) in [6.07, 6.45) is 2.73. The average Bonchev–Trinajstić information content (AvgIpc) is 3.92. The zero-order valence-electron chi connectivity index (χ0n) is 40.6. The highest BCUT2D eigenvalue weighted by Gasteiger charge is 2.50. The fraction of sp³-hybridized carbons (Fsp3) is 0.600. The van der Waals surface area contributed by atoms with Crippen LogP contribution in [0.25, 0.3) is 0 Å². The van der Waals surface area contributed by atoms with Crippen LogP contribution in [0.2, 0.25) is 0 Å². The molecule has 0 spiro atoms. The summed E-state index contributed by atoms with van der Waals surface area (Å²) in [6.45, 7) is 14.2. The van der Waals surface area contributed by atoms with E-state index in [2.05, 4.69) is 20.9 Å². The second-order valence-corrected chi connectivity index (χ2v) is 19.4. The first-order valence-corrected chi connectivity index (χ1v) is 23.5. The Bertz CT molecular complexity index is 2100. The van der Waals surface area contributed by atoms with Crippen molar-refractivity contribution in [3.05, 3.63) is 83.7 Å². The predicted molar refractivity (Wildman–Crippen MR) is 248 cm³/mol. The van der Waals surface area contributed by atoms with Gasteiger partial charge in [-0.25, -0.2) is 4.79 Å². The van der Waals surface area contributed by atoms with Crippen molar-refractivity contribution in [1.82, 2.24) is 30.7 Å². The molecule has 3 heterocycles. The minimum Gasteiger partial charge on any atom is -0.442 e. The first-order valence-electron chi connectivity index (χ1n) is 23.5. The van der Waals surface area contributed by atoms with Crippen LogP contribution in [0.15, 0.2) is 66.9 Å². The molecule has 17 nitrogen and oxygen atoms in total. The maximum Gasteiger partial charge on any atom is 0.339 e. The molecular weight excluding hydrogens is 859 g/mol. The molecule has 5 atom stereocenters. The molecule has 2 aliphatic rings. The Kier molecular flexibility index (Phi) is 19.3. The quantitative estimate of drug-likeness (QED) is 0.0436. The highest BCUT2D eigenvalue weighted by atomic mass is 16.6. The number of morpholine rings is 1. The molecule has 0 bridgehead atoms. The maximum absolute atomic E-state index is 14.9. The van der Waals surface area contributed by atoms with E-state index in [9.17, 15) is 28.8 Å². The number of amides is 3. The molecule has 2 aliphatic heterocycles. The number of aromatic nitrogens is 3. The Morgan fingerprint density at radius 3 is 2.07 bits per heavy atom. The number of hydrogen-bond donors (Lipinski definition) is 3. The number of nitrogens with one attached hydrogen (secondary N) is 3. The number of carbonyl (C=O) groups excluding carboxylic acids is 6. The van der Waals surface area contributed by atoms with Crippen molar-refractivity contribution in [3.8, 4) is 0 Å². The normalized spacial score (nSPS) is 18.1. The van der Waals surface area contributed by atoms with Crippen molar-refractivity contribution in [3.63, 3.8) is 0 Å². The third-order valence-corrected chi connectivity index (χ3v) is 12.3. The van der Waals surface area contributed by atoms with E-state index < -0.39 is 65.7 Å². The predicted octanol–water partition coefficient (Wildman–Crippen LogP) is 3.43. The lowest BCUT2D eigenvalue weighted by Crippen LogP contribution is -2.57. The van der Waals surface area contributed by atoms with Gasteiger partial charge in [-0.3, -0.25) is 33.8 Å². The van der Waals surface area contributed by atoms with Crippen LogP contribution in [0.5, 0.6) is 0 Å². The number of hydrogen-bond acceptors (Lipinski definition) is 12. The summed E-state index contributed by atoms with van der Waals surface area (Å²) >= 11 is 0. The number of carbonyl (C=O) groups is 6. The van der Waals surface area contributed by atoms with E-state index in [1.807, 2.05) is 93.3 Å². The van der Waals surface area contributed by atoms with Gasteiger partial charge in [-0.15, -0.1) is 0 Å². The fourth-order valence-electron chi connectivity index (χ4n) is 8.01. The van der Waals surface area contributed by atoms with Gasteiger partial charge in [0, 0.05) is 30.5 Å². The number of Topliss-reactive ketones (excluding diaryl/α,β-unsaturated/α-hetero) is 2. The van der Waals surface area contributed by atoms with E-state index in [-0.39, 0.29) is 68.8 Å². The lowest BCUT2D eigenvalue weighted by molar-refractivity contribution is -0.738. The highest BCUT2D eigenvalue weighted by Crippen LogP contribution is 2.30. The molecule has 0 radical (unpaired) electrons. The maximum atomic E-state index is 14.9. The Hall–Kier alpha value is -5.36. The second-order valence-electron chi connectivity index (χ2n) is 19.4. The van der Waals surface area contributed by atoms with E-state index in [1.165, 1.54) is 4.90 Å². The van der Waals surface area contributed by atoms with Gasteiger partial charge in [-0.1, -0.05) is 93.6 Å². The third kappa shape index (κ3) is 16.1. The van der Waals surface area contributed by atoms with E-state index >= 15 is 0 Å². The number of aryl methyl sites for hydroxylation is 2. The van der Waals surface area contributed by atoms with Crippen molar-refractivity contribution in [2.75, 3.05) is 46.2 Å². The smallest absolute Gasteiger partial charge is 0.339 e. The molecule has 2 saturated heterocycles. The fourth-order valence-corrected chi connectivity index (χ4v) is 8.01. The van der Waals surface area contributed by atoms with Crippen molar-refractivity contribution in [2.45, 2.75) is 123 Å². The number of epoxide rings is 1. The van der Waals surface area contributed by atoms with Crippen LogP contribution in [0.1, 0.15) is 91.0 Å². The van der Waals surface area contributed by atoms with Crippen LogP contribution in [0, 0.1) is 17.8 Å².